The third-order valence-electron chi connectivity index (χ3n) is 4.66. The van der Waals surface area contributed by atoms with Crippen LogP contribution in [-0.2, 0) is 4.79 Å². The zero-order valence-electron chi connectivity index (χ0n) is 16.4. The van der Waals surface area contributed by atoms with Crippen LogP contribution in [-0.4, -0.2) is 19.6 Å². The zero-order valence-corrected chi connectivity index (χ0v) is 17.9. The Labute approximate surface area is 179 Å². The highest BCUT2D eigenvalue weighted by Gasteiger charge is 2.19. The number of hydrogen-bond acceptors (Lipinski definition) is 3. The molecule has 150 valence electrons. The number of fused-ring (bicyclic) bond motifs is 1. The molecule has 2 aromatic carbocycles. The van der Waals surface area contributed by atoms with E-state index in [1.165, 1.54) is 0 Å². The number of allylic oxidation sites excluding steroid dienone is 1. The normalized spacial score (nSPS) is 11.6. The van der Waals surface area contributed by atoms with Crippen LogP contribution in [0.1, 0.15) is 18.1 Å². The van der Waals surface area contributed by atoms with Crippen molar-refractivity contribution in [3.63, 3.8) is 0 Å². The first kappa shape index (κ1) is 21.0. The van der Waals surface area contributed by atoms with Crippen molar-refractivity contribution >= 4 is 45.7 Å². The molecule has 0 bridgehead atoms. The number of benzene rings is 2. The van der Waals surface area contributed by atoms with Gasteiger partial charge < -0.3 is 14.5 Å². The predicted molar refractivity (Wildman–Crippen MR) is 120 cm³/mol. The second-order valence-electron chi connectivity index (χ2n) is 6.59. The number of carbonyl (C=O) groups is 1. The smallest absolute Gasteiger partial charge is 0.244 e. The summed E-state index contributed by atoms with van der Waals surface area (Å²) in [6.45, 7) is 7.79. The standard InChI is InChI=1S/C23H21Cl2NO3/c1-5-8-26-21(27)9-13(2)17-11-18-19(16-7-6-15(24)10-20(16)25)12-29-23(18)14(3)22(17)28-4/h5-7,9-12H,1,8H2,2-4H3,(H,26,27)/b13-9+. The molecular weight excluding hydrogens is 409 g/mol. The third kappa shape index (κ3) is 4.19. The number of carbonyl (C=O) groups excluding carboxylic acids is 1. The fraction of sp³-hybridized carbons (Fsp3) is 0.174. The molecule has 3 rings (SSSR count). The van der Waals surface area contributed by atoms with Gasteiger partial charge in [-0.3, -0.25) is 4.79 Å². The molecule has 1 aromatic heterocycles. The van der Waals surface area contributed by atoms with Gasteiger partial charge in [0.25, 0.3) is 0 Å². The van der Waals surface area contributed by atoms with Gasteiger partial charge in [0.05, 0.1) is 18.4 Å². The molecule has 1 amide bonds. The van der Waals surface area contributed by atoms with Gasteiger partial charge in [-0.2, -0.15) is 0 Å². The molecule has 0 spiro atoms. The predicted octanol–water partition coefficient (Wildman–Crippen LogP) is 6.43. The lowest BCUT2D eigenvalue weighted by atomic mass is 9.96. The van der Waals surface area contributed by atoms with Crippen LogP contribution in [0.5, 0.6) is 5.75 Å². The Hall–Kier alpha value is -2.69. The van der Waals surface area contributed by atoms with Gasteiger partial charge in [-0.1, -0.05) is 35.3 Å². The lowest BCUT2D eigenvalue weighted by Crippen LogP contribution is -2.20. The number of halogens is 2. The molecule has 4 nitrogen and oxygen atoms in total. The van der Waals surface area contributed by atoms with E-state index in [0.717, 1.165) is 33.2 Å². The van der Waals surface area contributed by atoms with Gasteiger partial charge >= 0.3 is 0 Å². The van der Waals surface area contributed by atoms with Crippen LogP contribution in [0.4, 0.5) is 0 Å². The Balaban J connectivity index is 2.19. The Kier molecular flexibility index (Phi) is 6.36. The van der Waals surface area contributed by atoms with Crippen molar-refractivity contribution in [1.82, 2.24) is 5.32 Å². The van der Waals surface area contributed by atoms with E-state index in [2.05, 4.69) is 11.9 Å². The summed E-state index contributed by atoms with van der Waals surface area (Å²) < 4.78 is 11.5. The van der Waals surface area contributed by atoms with E-state index in [-0.39, 0.29) is 5.91 Å². The molecule has 1 heterocycles. The summed E-state index contributed by atoms with van der Waals surface area (Å²) in [6.07, 6.45) is 4.85. The summed E-state index contributed by atoms with van der Waals surface area (Å²) in [5.41, 5.74) is 4.78. The average molecular weight is 430 g/mol. The molecule has 0 saturated heterocycles. The number of furan rings is 1. The van der Waals surface area contributed by atoms with Crippen LogP contribution < -0.4 is 10.1 Å². The van der Waals surface area contributed by atoms with Crippen molar-refractivity contribution in [3.05, 3.63) is 70.4 Å². The summed E-state index contributed by atoms with van der Waals surface area (Å²) in [6, 6.07) is 7.30. The van der Waals surface area contributed by atoms with E-state index in [9.17, 15) is 4.79 Å². The van der Waals surface area contributed by atoms with Gasteiger partial charge in [0.2, 0.25) is 5.91 Å². The van der Waals surface area contributed by atoms with Crippen LogP contribution in [0.25, 0.3) is 27.7 Å². The fourth-order valence-electron chi connectivity index (χ4n) is 3.29. The molecule has 0 aliphatic heterocycles. The van der Waals surface area contributed by atoms with E-state index in [0.29, 0.717) is 27.9 Å². The molecule has 6 heteroatoms. The molecule has 0 fully saturated rings. The number of ether oxygens (including phenoxy) is 1. The number of amides is 1. The topological polar surface area (TPSA) is 51.5 Å². The van der Waals surface area contributed by atoms with Crippen LogP contribution in [0.15, 0.2) is 53.7 Å². The van der Waals surface area contributed by atoms with E-state index < -0.39 is 0 Å². The molecule has 1 N–H and O–H groups in total. The van der Waals surface area contributed by atoms with Crippen molar-refractivity contribution in [2.45, 2.75) is 13.8 Å². The molecule has 0 aliphatic rings. The van der Waals surface area contributed by atoms with Gasteiger partial charge in [0.1, 0.15) is 11.3 Å². The highest BCUT2D eigenvalue weighted by molar-refractivity contribution is 6.36. The second kappa shape index (κ2) is 8.76. The zero-order chi connectivity index (χ0) is 21.1. The van der Waals surface area contributed by atoms with Crippen LogP contribution in [0, 0.1) is 6.92 Å². The van der Waals surface area contributed by atoms with Gasteiger partial charge in [0, 0.05) is 45.3 Å². The third-order valence-corrected chi connectivity index (χ3v) is 5.21. The van der Waals surface area contributed by atoms with Crippen LogP contribution in [0.2, 0.25) is 10.0 Å². The lowest BCUT2D eigenvalue weighted by molar-refractivity contribution is -0.116. The highest BCUT2D eigenvalue weighted by Crippen LogP contribution is 2.42. The maximum Gasteiger partial charge on any atom is 0.244 e. The van der Waals surface area contributed by atoms with Gasteiger partial charge in [-0.15, -0.1) is 6.58 Å². The van der Waals surface area contributed by atoms with Crippen molar-refractivity contribution in [2.24, 2.45) is 0 Å². The molecule has 3 aromatic rings. The Morgan fingerprint density at radius 3 is 2.69 bits per heavy atom. The van der Waals surface area contributed by atoms with Crippen molar-refractivity contribution in [3.8, 4) is 16.9 Å². The average Bonchev–Trinajstić information content (AvgIpc) is 3.10. The molecule has 0 unspecified atom stereocenters. The van der Waals surface area contributed by atoms with Crippen molar-refractivity contribution < 1.29 is 13.9 Å². The molecule has 0 atom stereocenters. The Bertz CT molecular complexity index is 1130. The first-order chi connectivity index (χ1) is 13.9. The van der Waals surface area contributed by atoms with Gasteiger partial charge in [-0.05, 0) is 37.6 Å². The molecule has 0 aliphatic carbocycles. The number of nitrogens with one attached hydrogen (secondary N) is 1. The maximum atomic E-state index is 12.1. The number of hydrogen-bond donors (Lipinski definition) is 1. The number of methoxy groups -OCH3 is 1. The summed E-state index contributed by atoms with van der Waals surface area (Å²) >= 11 is 12.5. The maximum absolute atomic E-state index is 12.1. The molecular formula is C23H21Cl2NO3. The SMILES string of the molecule is C=CCNC(=O)/C=C(\C)c1cc2c(-c3ccc(Cl)cc3Cl)coc2c(C)c1OC. The van der Waals surface area contributed by atoms with Crippen LogP contribution in [0.3, 0.4) is 0 Å². The van der Waals surface area contributed by atoms with Gasteiger partial charge in [0.15, 0.2) is 0 Å². The first-order valence-corrected chi connectivity index (χ1v) is 9.74. The van der Waals surface area contributed by atoms with E-state index in [1.54, 1.807) is 37.7 Å². The minimum absolute atomic E-state index is 0.199. The number of rotatable bonds is 6. The fourth-order valence-corrected chi connectivity index (χ4v) is 3.80. The monoisotopic (exact) mass is 429 g/mol. The first-order valence-electron chi connectivity index (χ1n) is 8.99. The molecule has 29 heavy (non-hydrogen) atoms. The minimum Gasteiger partial charge on any atom is -0.496 e. The second-order valence-corrected chi connectivity index (χ2v) is 7.44. The lowest BCUT2D eigenvalue weighted by Gasteiger charge is -2.13. The highest BCUT2D eigenvalue weighted by atomic mass is 35.5. The van der Waals surface area contributed by atoms with E-state index >= 15 is 0 Å². The number of aryl methyl sites for hydroxylation is 1. The quantitative estimate of drug-likeness (QED) is 0.362. The van der Waals surface area contributed by atoms with Gasteiger partial charge in [-0.25, -0.2) is 0 Å². The van der Waals surface area contributed by atoms with Crippen molar-refractivity contribution in [1.29, 1.82) is 0 Å². The summed E-state index contributed by atoms with van der Waals surface area (Å²) in [7, 11) is 1.60. The van der Waals surface area contributed by atoms with E-state index in [4.69, 9.17) is 32.4 Å². The van der Waals surface area contributed by atoms with Crippen LogP contribution >= 0.6 is 23.2 Å². The summed E-state index contributed by atoms with van der Waals surface area (Å²) in [5, 5.41) is 4.72. The molecule has 0 radical (unpaired) electrons. The van der Waals surface area contributed by atoms with E-state index in [1.807, 2.05) is 26.0 Å². The Morgan fingerprint density at radius 2 is 2.03 bits per heavy atom. The summed E-state index contributed by atoms with van der Waals surface area (Å²) in [5.74, 6) is 0.459. The molecule has 0 saturated carbocycles. The summed E-state index contributed by atoms with van der Waals surface area (Å²) in [4.78, 5) is 12.1. The van der Waals surface area contributed by atoms with Crippen molar-refractivity contribution in [2.75, 3.05) is 13.7 Å². The largest absolute Gasteiger partial charge is 0.496 e. The Morgan fingerprint density at radius 1 is 1.28 bits per heavy atom. The minimum atomic E-state index is -0.199.